The van der Waals surface area contributed by atoms with Gasteiger partial charge in [-0.1, -0.05) is 23.2 Å². The second kappa shape index (κ2) is 5.80. The van der Waals surface area contributed by atoms with Crippen molar-refractivity contribution in [1.29, 1.82) is 0 Å². The van der Waals surface area contributed by atoms with Gasteiger partial charge in [0, 0.05) is 19.6 Å². The van der Waals surface area contributed by atoms with Crippen LogP contribution in [0.15, 0.2) is 12.1 Å². The maximum Gasteiger partial charge on any atom is 0.143 e. The molecule has 0 amide bonds. The first-order chi connectivity index (χ1) is 7.85. The number of nitrogens with two attached hydrogens (primary N) is 1. The molecule has 0 spiro atoms. The van der Waals surface area contributed by atoms with E-state index >= 15 is 0 Å². The Hall–Kier alpha value is -0.640. The fraction of sp³-hybridized carbons (Fsp3) is 0.500. The number of rotatable bonds is 5. The molecule has 0 aliphatic heterocycles. The Morgan fingerprint density at radius 1 is 1.24 bits per heavy atom. The van der Waals surface area contributed by atoms with Crippen LogP contribution < -0.4 is 10.5 Å². The second-order valence-electron chi connectivity index (χ2n) is 4.37. The number of anilines is 1. The summed E-state index contributed by atoms with van der Waals surface area (Å²) in [5.74, 6) is 0.548. The summed E-state index contributed by atoms with van der Waals surface area (Å²) in [7, 11) is 1.67. The van der Waals surface area contributed by atoms with Gasteiger partial charge in [-0.25, -0.2) is 0 Å². The molecule has 0 aliphatic rings. The summed E-state index contributed by atoms with van der Waals surface area (Å²) in [4.78, 5) is 0. The van der Waals surface area contributed by atoms with Crippen LogP contribution in [-0.4, -0.2) is 19.3 Å². The molecule has 0 aliphatic carbocycles. The van der Waals surface area contributed by atoms with E-state index in [-0.39, 0.29) is 5.60 Å². The minimum absolute atomic E-state index is 0.217. The largest absolute Gasteiger partial charge is 0.491 e. The van der Waals surface area contributed by atoms with Gasteiger partial charge in [-0.2, -0.15) is 0 Å². The molecule has 1 rings (SSSR count). The molecule has 2 N–H and O–H groups in total. The first kappa shape index (κ1) is 14.4. The van der Waals surface area contributed by atoms with Crippen molar-refractivity contribution in [3.8, 4) is 5.75 Å². The van der Waals surface area contributed by atoms with Crippen LogP contribution in [0.2, 0.25) is 10.0 Å². The van der Waals surface area contributed by atoms with Gasteiger partial charge in [0.15, 0.2) is 0 Å². The first-order valence-electron chi connectivity index (χ1n) is 5.28. The van der Waals surface area contributed by atoms with Gasteiger partial charge in [-0.3, -0.25) is 0 Å². The van der Waals surface area contributed by atoms with E-state index < -0.39 is 0 Å². The molecule has 17 heavy (non-hydrogen) atoms. The van der Waals surface area contributed by atoms with Crippen LogP contribution in [0.5, 0.6) is 5.75 Å². The van der Waals surface area contributed by atoms with Crippen LogP contribution in [0.1, 0.15) is 20.3 Å². The van der Waals surface area contributed by atoms with Crippen LogP contribution >= 0.6 is 23.2 Å². The summed E-state index contributed by atoms with van der Waals surface area (Å²) in [6.45, 7) is 4.49. The lowest BCUT2D eigenvalue weighted by Crippen LogP contribution is -2.25. The summed E-state index contributed by atoms with van der Waals surface area (Å²) >= 11 is 11.7. The molecule has 96 valence electrons. The van der Waals surface area contributed by atoms with E-state index in [2.05, 4.69) is 0 Å². The highest BCUT2D eigenvalue weighted by Crippen LogP contribution is 2.32. The monoisotopic (exact) mass is 277 g/mol. The molecular formula is C12H17Cl2NO2. The van der Waals surface area contributed by atoms with Crippen molar-refractivity contribution in [1.82, 2.24) is 0 Å². The van der Waals surface area contributed by atoms with E-state index in [1.165, 1.54) is 0 Å². The Morgan fingerprint density at radius 2 is 1.82 bits per heavy atom. The average molecular weight is 278 g/mol. The highest BCUT2D eigenvalue weighted by atomic mass is 35.5. The summed E-state index contributed by atoms with van der Waals surface area (Å²) in [6, 6.07) is 3.21. The minimum Gasteiger partial charge on any atom is -0.491 e. The molecule has 0 saturated carbocycles. The van der Waals surface area contributed by atoms with Crippen LogP contribution in [-0.2, 0) is 4.74 Å². The molecule has 3 nitrogen and oxygen atoms in total. The van der Waals surface area contributed by atoms with E-state index in [0.717, 1.165) is 6.42 Å². The molecule has 1 aromatic carbocycles. The van der Waals surface area contributed by atoms with Crippen molar-refractivity contribution in [2.75, 3.05) is 19.5 Å². The molecule has 0 atom stereocenters. The number of methoxy groups -OCH3 is 1. The predicted molar refractivity (Wildman–Crippen MR) is 72.1 cm³/mol. The molecule has 0 fully saturated rings. The zero-order valence-corrected chi connectivity index (χ0v) is 11.7. The van der Waals surface area contributed by atoms with E-state index in [4.69, 9.17) is 38.4 Å². The zero-order chi connectivity index (χ0) is 13.1. The maximum absolute atomic E-state index is 5.89. The molecule has 0 bridgehead atoms. The number of benzene rings is 1. The van der Waals surface area contributed by atoms with Crippen molar-refractivity contribution < 1.29 is 9.47 Å². The smallest absolute Gasteiger partial charge is 0.143 e. The summed E-state index contributed by atoms with van der Waals surface area (Å²) in [6.07, 6.45) is 0.753. The highest BCUT2D eigenvalue weighted by molar-refractivity contribution is 6.42. The van der Waals surface area contributed by atoms with Gasteiger partial charge in [-0.05, 0) is 19.9 Å². The molecule has 0 heterocycles. The molecule has 0 unspecified atom stereocenters. The van der Waals surface area contributed by atoms with Gasteiger partial charge in [0.1, 0.15) is 5.75 Å². The van der Waals surface area contributed by atoms with Gasteiger partial charge in [0.2, 0.25) is 0 Å². The van der Waals surface area contributed by atoms with Crippen molar-refractivity contribution in [2.45, 2.75) is 25.9 Å². The van der Waals surface area contributed by atoms with E-state index in [1.54, 1.807) is 19.2 Å². The Bertz CT molecular complexity index is 394. The lowest BCUT2D eigenvalue weighted by molar-refractivity contribution is 0.00551. The topological polar surface area (TPSA) is 44.5 Å². The third kappa shape index (κ3) is 4.26. The zero-order valence-electron chi connectivity index (χ0n) is 10.2. The van der Waals surface area contributed by atoms with Crippen LogP contribution in [0.3, 0.4) is 0 Å². The van der Waals surface area contributed by atoms with Gasteiger partial charge >= 0.3 is 0 Å². The van der Waals surface area contributed by atoms with Crippen molar-refractivity contribution in [3.05, 3.63) is 22.2 Å². The fourth-order valence-electron chi connectivity index (χ4n) is 1.18. The highest BCUT2D eigenvalue weighted by Gasteiger charge is 2.16. The lowest BCUT2D eigenvalue weighted by Gasteiger charge is -2.22. The molecular weight excluding hydrogens is 261 g/mol. The predicted octanol–water partition coefficient (Wildman–Crippen LogP) is 3.77. The Kier molecular flexibility index (Phi) is 4.92. The number of halogens is 2. The van der Waals surface area contributed by atoms with Crippen LogP contribution in [0, 0.1) is 0 Å². The Labute approximate surface area is 112 Å². The number of hydrogen-bond donors (Lipinski definition) is 1. The quantitative estimate of drug-likeness (QED) is 0.834. The Morgan fingerprint density at radius 3 is 2.41 bits per heavy atom. The van der Waals surface area contributed by atoms with E-state index in [0.29, 0.717) is 28.1 Å². The van der Waals surface area contributed by atoms with Gasteiger partial charge in [-0.15, -0.1) is 0 Å². The third-order valence-electron chi connectivity index (χ3n) is 2.57. The van der Waals surface area contributed by atoms with Crippen molar-refractivity contribution >= 4 is 28.9 Å². The lowest BCUT2D eigenvalue weighted by atomic mass is 10.1. The fourth-order valence-corrected chi connectivity index (χ4v) is 1.50. The average Bonchev–Trinajstić information content (AvgIpc) is 2.25. The molecule has 0 radical (unpaired) electrons. The number of hydrogen-bond acceptors (Lipinski definition) is 3. The molecule has 5 heteroatoms. The number of ether oxygens (including phenoxy) is 2. The summed E-state index contributed by atoms with van der Waals surface area (Å²) in [5, 5.41) is 0.857. The van der Waals surface area contributed by atoms with Crippen LogP contribution in [0.25, 0.3) is 0 Å². The summed E-state index contributed by atoms with van der Waals surface area (Å²) < 4.78 is 10.9. The van der Waals surface area contributed by atoms with Crippen LogP contribution in [0.4, 0.5) is 5.69 Å². The van der Waals surface area contributed by atoms with Crippen molar-refractivity contribution in [2.24, 2.45) is 0 Å². The minimum atomic E-state index is -0.217. The second-order valence-corrected chi connectivity index (χ2v) is 5.18. The maximum atomic E-state index is 5.89. The van der Waals surface area contributed by atoms with E-state index in [1.807, 2.05) is 13.8 Å². The normalized spacial score (nSPS) is 11.6. The third-order valence-corrected chi connectivity index (χ3v) is 3.29. The number of nitrogen functional groups attached to an aromatic ring is 1. The van der Waals surface area contributed by atoms with Crippen molar-refractivity contribution in [3.63, 3.8) is 0 Å². The van der Waals surface area contributed by atoms with Gasteiger partial charge < -0.3 is 15.2 Å². The van der Waals surface area contributed by atoms with Gasteiger partial charge in [0.05, 0.1) is 27.9 Å². The molecule has 0 aromatic heterocycles. The van der Waals surface area contributed by atoms with Gasteiger partial charge in [0.25, 0.3) is 0 Å². The summed E-state index contributed by atoms with van der Waals surface area (Å²) in [5.41, 5.74) is 6.04. The first-order valence-corrected chi connectivity index (χ1v) is 6.04. The standard InChI is InChI=1S/C12H17Cl2NO2/c1-12(2,16-3)4-5-17-11-7-9(14)8(13)6-10(11)15/h6-7H,4-5,15H2,1-3H3. The molecule has 1 aromatic rings. The SMILES string of the molecule is COC(C)(C)CCOc1cc(Cl)c(Cl)cc1N. The Balaban J connectivity index is 2.61. The van der Waals surface area contributed by atoms with E-state index in [9.17, 15) is 0 Å². The molecule has 0 saturated heterocycles.